The summed E-state index contributed by atoms with van der Waals surface area (Å²) in [6, 6.07) is 3.79. The fourth-order valence-corrected chi connectivity index (χ4v) is 3.75. The van der Waals surface area contributed by atoms with Crippen LogP contribution in [0.2, 0.25) is 0 Å². The molecule has 0 saturated heterocycles. The molecule has 1 aromatic rings. The summed E-state index contributed by atoms with van der Waals surface area (Å²) in [4.78, 5) is 25.6. The Kier molecular flexibility index (Phi) is 4.02. The van der Waals surface area contributed by atoms with Crippen LogP contribution in [0.15, 0.2) is 40.3 Å². The molecule has 0 radical (unpaired) electrons. The second-order valence-corrected chi connectivity index (χ2v) is 6.14. The molecule has 0 unspecified atom stereocenters. The first kappa shape index (κ1) is 14.8. The van der Waals surface area contributed by atoms with Crippen LogP contribution in [-0.2, 0) is 19.1 Å². The molecule has 3 rings (SSSR count). The zero-order chi connectivity index (χ0) is 15.7. The van der Waals surface area contributed by atoms with Crippen LogP contribution in [0.3, 0.4) is 0 Å². The summed E-state index contributed by atoms with van der Waals surface area (Å²) >= 11 is 1.49. The van der Waals surface area contributed by atoms with Crippen molar-refractivity contribution in [3.8, 4) is 0 Å². The van der Waals surface area contributed by atoms with Crippen molar-refractivity contribution in [2.75, 3.05) is 6.61 Å². The predicted octanol–water partition coefficient (Wildman–Crippen LogP) is 2.60. The third-order valence-corrected chi connectivity index (χ3v) is 4.74. The Morgan fingerprint density at radius 2 is 2.32 bits per heavy atom. The summed E-state index contributed by atoms with van der Waals surface area (Å²) in [7, 11) is 0. The Balaban J connectivity index is 2.12. The summed E-state index contributed by atoms with van der Waals surface area (Å²) in [5.41, 5.74) is 6.77. The van der Waals surface area contributed by atoms with Gasteiger partial charge in [-0.2, -0.15) is 0 Å². The highest BCUT2D eigenvalue weighted by molar-refractivity contribution is 7.10. The molecule has 0 amide bonds. The molecule has 0 aromatic carbocycles. The topological polar surface area (TPSA) is 78.6 Å². The minimum absolute atomic E-state index is 0.0222. The van der Waals surface area contributed by atoms with E-state index in [9.17, 15) is 9.59 Å². The Labute approximate surface area is 132 Å². The molecule has 1 aromatic heterocycles. The van der Waals surface area contributed by atoms with Crippen molar-refractivity contribution in [1.29, 1.82) is 0 Å². The first-order valence-electron chi connectivity index (χ1n) is 7.27. The SMILES string of the molecule is CCOC(=O)C1=C(N)OC2=C(C(=O)CCC2)[C@H]1c1cccs1. The number of hydrogen-bond acceptors (Lipinski definition) is 6. The van der Waals surface area contributed by atoms with Crippen molar-refractivity contribution in [1.82, 2.24) is 0 Å². The van der Waals surface area contributed by atoms with Gasteiger partial charge in [0.1, 0.15) is 11.3 Å². The van der Waals surface area contributed by atoms with Crippen LogP contribution < -0.4 is 5.73 Å². The maximum absolute atomic E-state index is 12.4. The van der Waals surface area contributed by atoms with Gasteiger partial charge in [-0.05, 0) is 24.8 Å². The summed E-state index contributed by atoms with van der Waals surface area (Å²) in [6.45, 7) is 1.97. The number of esters is 1. The number of thiophene rings is 1. The molecule has 0 saturated carbocycles. The molecule has 2 aliphatic rings. The molecule has 2 N–H and O–H groups in total. The van der Waals surface area contributed by atoms with E-state index in [0.717, 1.165) is 11.3 Å². The number of carbonyl (C=O) groups is 2. The van der Waals surface area contributed by atoms with Gasteiger partial charge in [0.2, 0.25) is 5.88 Å². The molecule has 1 aliphatic heterocycles. The van der Waals surface area contributed by atoms with Gasteiger partial charge in [-0.3, -0.25) is 4.79 Å². The molecular formula is C16H17NO4S. The average molecular weight is 319 g/mol. The smallest absolute Gasteiger partial charge is 0.340 e. The summed E-state index contributed by atoms with van der Waals surface area (Å²) in [5.74, 6) is -0.335. The summed E-state index contributed by atoms with van der Waals surface area (Å²) in [5, 5.41) is 1.91. The molecule has 1 aliphatic carbocycles. The quantitative estimate of drug-likeness (QED) is 0.866. The average Bonchev–Trinajstić information content (AvgIpc) is 3.00. The van der Waals surface area contributed by atoms with Gasteiger partial charge in [0.25, 0.3) is 0 Å². The Hall–Kier alpha value is -2.08. The molecule has 116 valence electrons. The molecule has 5 nitrogen and oxygen atoms in total. The summed E-state index contributed by atoms with van der Waals surface area (Å²) < 4.78 is 10.7. The number of ether oxygens (including phenoxy) is 2. The molecule has 2 heterocycles. The first-order valence-corrected chi connectivity index (χ1v) is 8.15. The van der Waals surface area contributed by atoms with Gasteiger partial charge in [-0.15, -0.1) is 11.3 Å². The van der Waals surface area contributed by atoms with Gasteiger partial charge in [0, 0.05) is 23.3 Å². The fourth-order valence-electron chi connectivity index (χ4n) is 2.90. The van der Waals surface area contributed by atoms with E-state index in [4.69, 9.17) is 15.2 Å². The van der Waals surface area contributed by atoms with Gasteiger partial charge in [-0.25, -0.2) is 4.79 Å². The molecular weight excluding hydrogens is 302 g/mol. The number of nitrogens with two attached hydrogens (primary N) is 1. The van der Waals surface area contributed by atoms with E-state index >= 15 is 0 Å². The summed E-state index contributed by atoms with van der Waals surface area (Å²) in [6.07, 6.45) is 1.89. The second-order valence-electron chi connectivity index (χ2n) is 5.16. The van der Waals surface area contributed by atoms with E-state index in [-0.39, 0.29) is 23.8 Å². The molecule has 0 spiro atoms. The Morgan fingerprint density at radius 3 is 3.00 bits per heavy atom. The number of allylic oxidation sites excluding steroid dienone is 2. The minimum atomic E-state index is -0.525. The predicted molar refractivity (Wildman–Crippen MR) is 81.9 cm³/mol. The van der Waals surface area contributed by atoms with Crippen molar-refractivity contribution in [3.63, 3.8) is 0 Å². The van der Waals surface area contributed by atoms with Crippen LogP contribution in [0, 0.1) is 0 Å². The number of carbonyl (C=O) groups excluding carboxylic acids is 2. The van der Waals surface area contributed by atoms with Crippen molar-refractivity contribution >= 4 is 23.1 Å². The van der Waals surface area contributed by atoms with Gasteiger partial charge in [-0.1, -0.05) is 6.07 Å². The minimum Gasteiger partial charge on any atom is -0.462 e. The third-order valence-electron chi connectivity index (χ3n) is 3.81. The second kappa shape index (κ2) is 5.96. The van der Waals surface area contributed by atoms with E-state index in [1.807, 2.05) is 17.5 Å². The lowest BCUT2D eigenvalue weighted by Gasteiger charge is -2.31. The number of ketones is 1. The van der Waals surface area contributed by atoms with Crippen molar-refractivity contribution in [3.05, 3.63) is 45.2 Å². The monoisotopic (exact) mass is 319 g/mol. The van der Waals surface area contributed by atoms with Crippen LogP contribution >= 0.6 is 11.3 Å². The first-order chi connectivity index (χ1) is 10.6. The van der Waals surface area contributed by atoms with Crippen LogP contribution in [0.25, 0.3) is 0 Å². The van der Waals surface area contributed by atoms with Crippen LogP contribution in [0.4, 0.5) is 0 Å². The third kappa shape index (κ3) is 2.43. The lowest BCUT2D eigenvalue weighted by Crippen LogP contribution is -2.31. The number of hydrogen-bond donors (Lipinski definition) is 1. The standard InChI is InChI=1S/C16H17NO4S/c1-2-20-16(19)14-13(11-7-4-8-22-11)12-9(18)5-3-6-10(12)21-15(14)17/h4,7-8,13H,2-3,5-6,17H2,1H3/t13-/m1/s1. The maximum Gasteiger partial charge on any atom is 0.340 e. The highest BCUT2D eigenvalue weighted by Crippen LogP contribution is 2.45. The number of rotatable bonds is 3. The van der Waals surface area contributed by atoms with E-state index in [2.05, 4.69) is 0 Å². The maximum atomic E-state index is 12.4. The van der Waals surface area contributed by atoms with Gasteiger partial charge < -0.3 is 15.2 Å². The Morgan fingerprint density at radius 1 is 1.50 bits per heavy atom. The van der Waals surface area contributed by atoms with E-state index in [1.165, 1.54) is 11.3 Å². The largest absolute Gasteiger partial charge is 0.462 e. The van der Waals surface area contributed by atoms with E-state index in [0.29, 0.717) is 24.2 Å². The van der Waals surface area contributed by atoms with Crippen LogP contribution in [0.1, 0.15) is 37.0 Å². The van der Waals surface area contributed by atoms with Crippen molar-refractivity contribution in [2.45, 2.75) is 32.1 Å². The van der Waals surface area contributed by atoms with Crippen LogP contribution in [-0.4, -0.2) is 18.4 Å². The zero-order valence-corrected chi connectivity index (χ0v) is 13.1. The van der Waals surface area contributed by atoms with E-state index in [1.54, 1.807) is 6.92 Å². The zero-order valence-electron chi connectivity index (χ0n) is 12.3. The van der Waals surface area contributed by atoms with E-state index < -0.39 is 11.9 Å². The normalized spacial score (nSPS) is 21.5. The highest BCUT2D eigenvalue weighted by Gasteiger charge is 2.41. The Bertz CT molecular complexity index is 672. The molecule has 0 fully saturated rings. The van der Waals surface area contributed by atoms with Gasteiger partial charge in [0.15, 0.2) is 5.78 Å². The van der Waals surface area contributed by atoms with Crippen LogP contribution in [0.5, 0.6) is 0 Å². The number of Topliss-reactive ketones (excluding diaryl/α,β-unsaturated/α-hetero) is 1. The van der Waals surface area contributed by atoms with Gasteiger partial charge >= 0.3 is 5.97 Å². The van der Waals surface area contributed by atoms with Gasteiger partial charge in [0.05, 0.1) is 12.5 Å². The molecule has 22 heavy (non-hydrogen) atoms. The lowest BCUT2D eigenvalue weighted by molar-refractivity contribution is -0.139. The highest BCUT2D eigenvalue weighted by atomic mass is 32.1. The van der Waals surface area contributed by atoms with Crippen molar-refractivity contribution in [2.24, 2.45) is 5.73 Å². The fraction of sp³-hybridized carbons (Fsp3) is 0.375. The molecule has 6 heteroatoms. The lowest BCUT2D eigenvalue weighted by atomic mass is 9.80. The van der Waals surface area contributed by atoms with Crippen molar-refractivity contribution < 1.29 is 19.1 Å². The molecule has 0 bridgehead atoms. The molecule has 1 atom stereocenters.